The highest BCUT2D eigenvalue weighted by molar-refractivity contribution is 6.18. The Kier molecular flexibility index (Phi) is 7.72. The summed E-state index contributed by atoms with van der Waals surface area (Å²) < 4.78 is 6.97. The number of nitrogens with zero attached hydrogens (tertiary/aromatic N) is 1. The van der Waals surface area contributed by atoms with Crippen molar-refractivity contribution < 1.29 is 4.42 Å². The Labute approximate surface area is 314 Å². The molecule has 0 amide bonds. The van der Waals surface area contributed by atoms with Gasteiger partial charge in [-0.2, -0.15) is 0 Å². The second kappa shape index (κ2) is 13.0. The second-order valence-electron chi connectivity index (χ2n) is 14.4. The zero-order valence-corrected chi connectivity index (χ0v) is 30.4. The van der Waals surface area contributed by atoms with Gasteiger partial charge >= 0.3 is 0 Å². The van der Waals surface area contributed by atoms with E-state index in [4.69, 9.17) is 9.41 Å². The lowest BCUT2D eigenvalue weighted by atomic mass is 9.88. The fourth-order valence-electron chi connectivity index (χ4n) is 8.40. The Morgan fingerprint density at radius 1 is 0.500 bits per heavy atom. The topological polar surface area (TPSA) is 25.5 Å². The number of rotatable bonds is 4. The first-order valence-electron chi connectivity index (χ1n) is 18.8. The molecule has 1 aromatic heterocycles. The molecule has 0 aliphatic carbocycles. The number of benzene rings is 8. The van der Waals surface area contributed by atoms with E-state index in [1.54, 1.807) is 0 Å². The van der Waals surface area contributed by atoms with Crippen LogP contribution in [0.4, 0.5) is 0 Å². The van der Waals surface area contributed by atoms with Gasteiger partial charge in [-0.3, -0.25) is 0 Å². The molecule has 0 spiro atoms. The van der Waals surface area contributed by atoms with Crippen molar-refractivity contribution in [3.8, 4) is 11.1 Å². The molecule has 0 fully saturated rings. The van der Waals surface area contributed by atoms with E-state index in [9.17, 15) is 0 Å². The predicted octanol–water partition coefficient (Wildman–Crippen LogP) is 14.4. The molecule has 2 heterocycles. The van der Waals surface area contributed by atoms with Crippen molar-refractivity contribution in [3.63, 3.8) is 0 Å². The summed E-state index contributed by atoms with van der Waals surface area (Å²) in [6.45, 7) is 4.45. The van der Waals surface area contributed by atoms with E-state index >= 15 is 0 Å². The number of furan rings is 1. The normalized spacial score (nSPS) is 13.9. The number of allylic oxidation sites excluding steroid dienone is 3. The van der Waals surface area contributed by atoms with Gasteiger partial charge in [-0.05, 0) is 106 Å². The van der Waals surface area contributed by atoms with E-state index in [0.29, 0.717) is 0 Å². The first kappa shape index (κ1) is 32.0. The molecular formula is C52H37NO. The maximum absolute atomic E-state index is 6.97. The largest absolute Gasteiger partial charge is 0.455 e. The summed E-state index contributed by atoms with van der Waals surface area (Å²) >= 11 is 0. The first-order valence-corrected chi connectivity index (χ1v) is 18.8. The molecule has 9 aromatic rings. The molecule has 0 saturated heterocycles. The van der Waals surface area contributed by atoms with E-state index in [1.807, 2.05) is 0 Å². The van der Waals surface area contributed by atoms with Gasteiger partial charge in [0.05, 0.1) is 0 Å². The standard InChI is InChI=1S/C52H37NO/c1-33-21-28-47(41-24-25-43-40(30-41)23-22-36-15-11-12-20-42(36)43)53-48(37-16-7-4-8-17-37)29-34(2)50(33)45-27-26-44(35-13-5-3-6-14-35)51-46-31-38-18-9-10-19-39(38)32-49(46)54-52(45)51/h3-20,22-27,30-32H,21,28H2,1-2H3. The maximum Gasteiger partial charge on any atom is 0.143 e. The number of fused-ring (bicyclic) bond motifs is 7. The van der Waals surface area contributed by atoms with Crippen LogP contribution in [-0.2, 0) is 0 Å². The molecule has 0 N–H and O–H groups in total. The van der Waals surface area contributed by atoms with Crippen molar-refractivity contribution in [3.05, 3.63) is 197 Å². The minimum atomic E-state index is 0.788. The Morgan fingerprint density at radius 2 is 1.15 bits per heavy atom. The highest BCUT2D eigenvalue weighted by Crippen LogP contribution is 2.44. The quantitative estimate of drug-likeness (QED) is 0.133. The summed E-state index contributed by atoms with van der Waals surface area (Å²) in [5.41, 5.74) is 16.6. The molecule has 2 nitrogen and oxygen atoms in total. The van der Waals surface area contributed by atoms with Crippen LogP contribution in [0, 0.1) is 0 Å². The summed E-state index contributed by atoms with van der Waals surface area (Å²) in [6.07, 6.45) is 1.63. The molecule has 0 radical (unpaired) electrons. The maximum atomic E-state index is 6.97. The van der Waals surface area contributed by atoms with Crippen molar-refractivity contribution >= 4 is 71.2 Å². The molecule has 0 bridgehead atoms. The fourth-order valence-corrected chi connectivity index (χ4v) is 8.40. The van der Waals surface area contributed by atoms with Crippen molar-refractivity contribution in [1.29, 1.82) is 0 Å². The average Bonchev–Trinajstić information content (AvgIpc) is 3.62. The first-order chi connectivity index (χ1) is 26.6. The van der Waals surface area contributed by atoms with E-state index in [0.717, 1.165) is 74.0 Å². The highest BCUT2D eigenvalue weighted by atomic mass is 16.3. The molecule has 0 saturated carbocycles. The van der Waals surface area contributed by atoms with Crippen LogP contribution in [0.5, 0.6) is 0 Å². The van der Waals surface area contributed by atoms with E-state index < -0.39 is 0 Å². The van der Waals surface area contributed by atoms with Crippen LogP contribution >= 0.6 is 0 Å². The Bertz CT molecular complexity index is 3080. The molecule has 2 heteroatoms. The summed E-state index contributed by atoms with van der Waals surface area (Å²) in [7, 11) is 0. The average molecular weight is 692 g/mol. The van der Waals surface area contributed by atoms with Crippen molar-refractivity contribution in [2.45, 2.75) is 26.7 Å². The van der Waals surface area contributed by atoms with Gasteiger partial charge < -0.3 is 4.42 Å². The van der Waals surface area contributed by atoms with Crippen LogP contribution < -0.4 is 0 Å². The third-order valence-electron chi connectivity index (χ3n) is 11.1. The molecule has 256 valence electrons. The molecule has 1 aliphatic heterocycles. The molecule has 0 atom stereocenters. The molecule has 10 rings (SSSR count). The minimum absolute atomic E-state index is 0.788. The Morgan fingerprint density at radius 3 is 1.94 bits per heavy atom. The number of hydrogen-bond donors (Lipinski definition) is 0. The molecule has 8 aromatic carbocycles. The number of hydrogen-bond acceptors (Lipinski definition) is 2. The molecular weight excluding hydrogens is 655 g/mol. The monoisotopic (exact) mass is 691 g/mol. The Balaban J connectivity index is 1.18. The van der Waals surface area contributed by atoms with E-state index in [1.165, 1.54) is 49.0 Å². The van der Waals surface area contributed by atoms with Crippen molar-refractivity contribution in [2.75, 3.05) is 0 Å². The summed E-state index contributed by atoms with van der Waals surface area (Å²) in [5, 5.41) is 9.64. The lowest BCUT2D eigenvalue weighted by molar-refractivity contribution is 0.668. The third kappa shape index (κ3) is 5.48. The van der Waals surface area contributed by atoms with Gasteiger partial charge in [0.25, 0.3) is 0 Å². The van der Waals surface area contributed by atoms with Gasteiger partial charge in [0.1, 0.15) is 16.9 Å². The van der Waals surface area contributed by atoms with Gasteiger partial charge in [-0.1, -0.05) is 151 Å². The molecule has 1 aliphatic rings. The van der Waals surface area contributed by atoms with Gasteiger partial charge in [0.2, 0.25) is 0 Å². The van der Waals surface area contributed by atoms with Crippen LogP contribution in [0.3, 0.4) is 0 Å². The van der Waals surface area contributed by atoms with E-state index in [-0.39, 0.29) is 0 Å². The third-order valence-corrected chi connectivity index (χ3v) is 11.1. The predicted molar refractivity (Wildman–Crippen MR) is 229 cm³/mol. The van der Waals surface area contributed by atoms with E-state index in [2.05, 4.69) is 183 Å². The van der Waals surface area contributed by atoms with Gasteiger partial charge in [0.15, 0.2) is 0 Å². The van der Waals surface area contributed by atoms with Crippen LogP contribution in [0.1, 0.15) is 43.4 Å². The zero-order chi connectivity index (χ0) is 36.2. The van der Waals surface area contributed by atoms with Gasteiger partial charge in [-0.25, -0.2) is 4.99 Å². The summed E-state index contributed by atoms with van der Waals surface area (Å²) in [5.74, 6) is 0. The molecule has 54 heavy (non-hydrogen) atoms. The van der Waals surface area contributed by atoms with Crippen molar-refractivity contribution in [1.82, 2.24) is 0 Å². The minimum Gasteiger partial charge on any atom is -0.455 e. The van der Waals surface area contributed by atoms with Crippen LogP contribution in [0.15, 0.2) is 190 Å². The lowest BCUT2D eigenvalue weighted by Gasteiger charge is -2.15. The second-order valence-corrected chi connectivity index (χ2v) is 14.4. The highest BCUT2D eigenvalue weighted by Gasteiger charge is 2.22. The zero-order valence-electron chi connectivity index (χ0n) is 30.4. The van der Waals surface area contributed by atoms with Crippen molar-refractivity contribution in [2.24, 2.45) is 4.99 Å². The Hall–Kier alpha value is -6.73. The van der Waals surface area contributed by atoms with Gasteiger partial charge in [0, 0.05) is 33.2 Å². The van der Waals surface area contributed by atoms with Crippen LogP contribution in [-0.4, -0.2) is 5.71 Å². The lowest BCUT2D eigenvalue weighted by Crippen LogP contribution is -2.03. The number of aliphatic imine (C=N–C) groups is 1. The fraction of sp³-hybridized carbons (Fsp3) is 0.0769. The SMILES string of the molecule is CC1=C=C(c2ccccc2)N=C(c2ccc3c(ccc4ccccc43)c2)CCC(C)=C1c1ccc(-c2ccccc2)c2c1oc1cc3ccccc3cc12. The summed E-state index contributed by atoms with van der Waals surface area (Å²) in [4.78, 5) is 5.45. The molecule has 0 unspecified atom stereocenters. The van der Waals surface area contributed by atoms with Crippen LogP contribution in [0.2, 0.25) is 0 Å². The smallest absolute Gasteiger partial charge is 0.143 e. The summed E-state index contributed by atoms with van der Waals surface area (Å²) in [6, 6.07) is 58.6. The van der Waals surface area contributed by atoms with Crippen LogP contribution in [0.25, 0.3) is 76.7 Å². The van der Waals surface area contributed by atoms with Gasteiger partial charge in [-0.15, -0.1) is 0 Å².